The van der Waals surface area contributed by atoms with Gasteiger partial charge in [-0.3, -0.25) is 4.79 Å². The molecule has 1 aliphatic heterocycles. The number of hydrogen-bond donors (Lipinski definition) is 1. The van der Waals surface area contributed by atoms with E-state index >= 15 is 0 Å². The molecule has 0 aliphatic carbocycles. The molecule has 0 atom stereocenters. The number of likely N-dealkylation sites (N-methyl/N-ethyl adjacent to an activating group) is 1. The van der Waals surface area contributed by atoms with Gasteiger partial charge in [0.25, 0.3) is 5.91 Å². The number of ether oxygens (including phenoxy) is 1. The number of amides is 1. The Bertz CT molecular complexity index is 583. The van der Waals surface area contributed by atoms with Crippen molar-refractivity contribution in [2.24, 2.45) is 0 Å². The topological polar surface area (TPSA) is 75.7 Å². The average Bonchev–Trinajstić information content (AvgIpc) is 2.31. The molecule has 2 rings (SSSR count). The average molecular weight is 270 g/mol. The van der Waals surface area contributed by atoms with Crippen LogP contribution in [0.4, 0.5) is 5.69 Å². The Labute approximate surface area is 106 Å². The fraction of sp³-hybridized carbons (Fsp3) is 0.364. The number of nitrogens with one attached hydrogen (secondary N) is 1. The Balaban J connectivity index is 2.23. The first-order chi connectivity index (χ1) is 8.37. The van der Waals surface area contributed by atoms with Gasteiger partial charge in [-0.15, -0.1) is 0 Å². The molecule has 0 bridgehead atoms. The number of anilines is 1. The minimum Gasteiger partial charge on any atom is -0.482 e. The van der Waals surface area contributed by atoms with Gasteiger partial charge in [-0.25, -0.2) is 13.1 Å². The van der Waals surface area contributed by atoms with Crippen LogP contribution in [-0.2, 0) is 21.4 Å². The van der Waals surface area contributed by atoms with Gasteiger partial charge in [-0.05, 0) is 17.7 Å². The van der Waals surface area contributed by atoms with Gasteiger partial charge in [0, 0.05) is 13.6 Å². The first kappa shape index (κ1) is 12.8. The van der Waals surface area contributed by atoms with Crippen LogP contribution in [0.3, 0.4) is 0 Å². The molecule has 6 nitrogen and oxygen atoms in total. The van der Waals surface area contributed by atoms with Crippen molar-refractivity contribution in [3.63, 3.8) is 0 Å². The summed E-state index contributed by atoms with van der Waals surface area (Å²) in [5.74, 6) is 0.496. The molecule has 0 unspecified atom stereocenters. The molecular weight excluding hydrogens is 256 g/mol. The summed E-state index contributed by atoms with van der Waals surface area (Å²) in [6, 6.07) is 5.24. The lowest BCUT2D eigenvalue weighted by molar-refractivity contribution is -0.120. The van der Waals surface area contributed by atoms with Crippen molar-refractivity contribution in [3.05, 3.63) is 23.8 Å². The Morgan fingerprint density at radius 2 is 2.17 bits per heavy atom. The maximum Gasteiger partial charge on any atom is 0.264 e. The van der Waals surface area contributed by atoms with E-state index in [1.54, 1.807) is 25.2 Å². The van der Waals surface area contributed by atoms with Crippen LogP contribution < -0.4 is 14.4 Å². The van der Waals surface area contributed by atoms with Crippen LogP contribution in [0.2, 0.25) is 0 Å². The molecule has 1 heterocycles. The van der Waals surface area contributed by atoms with Crippen molar-refractivity contribution >= 4 is 21.6 Å². The SMILES string of the molecule is CN1C(=O)COc2ccc(CNS(C)(=O)=O)cc21. The molecule has 0 spiro atoms. The second kappa shape index (κ2) is 4.58. The lowest BCUT2D eigenvalue weighted by atomic mass is 10.1. The second-order valence-corrected chi connectivity index (χ2v) is 5.97. The highest BCUT2D eigenvalue weighted by molar-refractivity contribution is 7.88. The second-order valence-electron chi connectivity index (χ2n) is 4.14. The molecule has 1 aromatic rings. The molecule has 0 aromatic heterocycles. The number of fused-ring (bicyclic) bond motifs is 1. The van der Waals surface area contributed by atoms with Crippen LogP contribution in [0.1, 0.15) is 5.56 Å². The summed E-state index contributed by atoms with van der Waals surface area (Å²) >= 11 is 0. The summed E-state index contributed by atoms with van der Waals surface area (Å²) in [5.41, 5.74) is 1.42. The van der Waals surface area contributed by atoms with Gasteiger partial charge in [0.05, 0.1) is 11.9 Å². The summed E-state index contributed by atoms with van der Waals surface area (Å²) in [6.45, 7) is 0.221. The van der Waals surface area contributed by atoms with E-state index < -0.39 is 10.0 Å². The van der Waals surface area contributed by atoms with Gasteiger partial charge in [0.2, 0.25) is 10.0 Å². The molecule has 1 aromatic carbocycles. The molecule has 1 aliphatic rings. The summed E-state index contributed by atoms with van der Waals surface area (Å²) in [5, 5.41) is 0. The van der Waals surface area contributed by atoms with Crippen LogP contribution in [0.5, 0.6) is 5.75 Å². The van der Waals surface area contributed by atoms with Gasteiger partial charge in [-0.2, -0.15) is 0 Å². The standard InChI is InChI=1S/C11H14N2O4S/c1-13-9-5-8(6-12-18(2,15)16)3-4-10(9)17-7-11(13)14/h3-5,12H,6-7H2,1-2H3. The van der Waals surface area contributed by atoms with Crippen molar-refractivity contribution in [3.8, 4) is 5.75 Å². The Morgan fingerprint density at radius 1 is 1.44 bits per heavy atom. The fourth-order valence-corrected chi connectivity index (χ4v) is 2.07. The summed E-state index contributed by atoms with van der Waals surface area (Å²) in [4.78, 5) is 13.0. The lowest BCUT2D eigenvalue weighted by Crippen LogP contribution is -2.35. The normalized spacial score (nSPS) is 15.2. The van der Waals surface area contributed by atoms with E-state index in [9.17, 15) is 13.2 Å². The smallest absolute Gasteiger partial charge is 0.264 e. The first-order valence-electron chi connectivity index (χ1n) is 5.34. The van der Waals surface area contributed by atoms with Crippen molar-refractivity contribution in [1.29, 1.82) is 0 Å². The molecular formula is C11H14N2O4S. The van der Waals surface area contributed by atoms with Crippen molar-refractivity contribution in [2.45, 2.75) is 6.54 Å². The maximum atomic E-state index is 11.5. The molecule has 98 valence electrons. The number of benzene rings is 1. The van der Waals surface area contributed by atoms with Crippen molar-refractivity contribution in [1.82, 2.24) is 4.72 Å². The van der Waals surface area contributed by atoms with Gasteiger partial charge in [-0.1, -0.05) is 6.07 Å². The van der Waals surface area contributed by atoms with E-state index in [1.807, 2.05) is 0 Å². The third-order valence-corrected chi connectivity index (χ3v) is 3.32. The van der Waals surface area contributed by atoms with Gasteiger partial charge in [0.15, 0.2) is 6.61 Å². The molecule has 7 heteroatoms. The van der Waals surface area contributed by atoms with Crippen LogP contribution in [-0.4, -0.2) is 34.2 Å². The monoisotopic (exact) mass is 270 g/mol. The Hall–Kier alpha value is -1.60. The minimum absolute atomic E-state index is 0.0322. The maximum absolute atomic E-state index is 11.5. The zero-order valence-electron chi connectivity index (χ0n) is 10.1. The first-order valence-corrected chi connectivity index (χ1v) is 7.23. The molecule has 18 heavy (non-hydrogen) atoms. The summed E-state index contributed by atoms with van der Waals surface area (Å²) < 4.78 is 29.7. The van der Waals surface area contributed by atoms with Crippen LogP contribution in [0, 0.1) is 0 Å². The zero-order valence-corrected chi connectivity index (χ0v) is 11.0. The number of rotatable bonds is 3. The molecule has 1 N–H and O–H groups in total. The van der Waals surface area contributed by atoms with Gasteiger partial charge in [0.1, 0.15) is 5.75 Å². The summed E-state index contributed by atoms with van der Waals surface area (Å²) in [7, 11) is -1.57. The zero-order chi connectivity index (χ0) is 13.3. The van der Waals surface area contributed by atoms with Gasteiger partial charge < -0.3 is 9.64 Å². The van der Waals surface area contributed by atoms with Gasteiger partial charge >= 0.3 is 0 Å². The Kier molecular flexibility index (Phi) is 3.27. The highest BCUT2D eigenvalue weighted by atomic mass is 32.2. The van der Waals surface area contributed by atoms with Crippen LogP contribution in [0.25, 0.3) is 0 Å². The van der Waals surface area contributed by atoms with E-state index in [-0.39, 0.29) is 19.1 Å². The largest absolute Gasteiger partial charge is 0.482 e. The van der Waals surface area contributed by atoms with Crippen LogP contribution in [0.15, 0.2) is 18.2 Å². The number of carbonyl (C=O) groups excluding carboxylic acids is 1. The van der Waals surface area contributed by atoms with Crippen molar-refractivity contribution in [2.75, 3.05) is 24.8 Å². The molecule has 0 saturated heterocycles. The highest BCUT2D eigenvalue weighted by Gasteiger charge is 2.22. The molecule has 0 saturated carbocycles. The number of sulfonamides is 1. The van der Waals surface area contributed by atoms with Crippen LogP contribution >= 0.6 is 0 Å². The molecule has 0 radical (unpaired) electrons. The number of nitrogens with zero attached hydrogens (tertiary/aromatic N) is 1. The molecule has 1 amide bonds. The Morgan fingerprint density at radius 3 is 2.83 bits per heavy atom. The third kappa shape index (κ3) is 2.80. The minimum atomic E-state index is -3.23. The van der Waals surface area contributed by atoms with E-state index in [4.69, 9.17) is 4.74 Å². The predicted molar refractivity (Wildman–Crippen MR) is 67.0 cm³/mol. The quantitative estimate of drug-likeness (QED) is 0.844. The summed E-state index contributed by atoms with van der Waals surface area (Å²) in [6.07, 6.45) is 1.10. The number of carbonyl (C=O) groups is 1. The third-order valence-electron chi connectivity index (χ3n) is 2.65. The fourth-order valence-electron chi connectivity index (χ4n) is 1.64. The predicted octanol–water partition coefficient (Wildman–Crippen LogP) is 0.0910. The van der Waals surface area contributed by atoms with E-state index in [0.29, 0.717) is 11.4 Å². The van der Waals surface area contributed by atoms with Crippen molar-refractivity contribution < 1.29 is 17.9 Å². The van der Waals surface area contributed by atoms with E-state index in [2.05, 4.69) is 4.72 Å². The molecule has 0 fully saturated rings. The lowest BCUT2D eigenvalue weighted by Gasteiger charge is -2.26. The number of hydrogen-bond acceptors (Lipinski definition) is 4. The highest BCUT2D eigenvalue weighted by Crippen LogP contribution is 2.31. The van der Waals surface area contributed by atoms with E-state index in [0.717, 1.165) is 11.8 Å². The van der Waals surface area contributed by atoms with E-state index in [1.165, 1.54) is 4.90 Å².